The van der Waals surface area contributed by atoms with Gasteiger partial charge in [0.25, 0.3) is 0 Å². The van der Waals surface area contributed by atoms with Crippen molar-refractivity contribution in [1.29, 1.82) is 0 Å². The fourth-order valence-electron chi connectivity index (χ4n) is 3.56. The van der Waals surface area contributed by atoms with Crippen LogP contribution in [0, 0.1) is 5.41 Å². The van der Waals surface area contributed by atoms with Gasteiger partial charge in [0.2, 0.25) is 6.41 Å². The van der Waals surface area contributed by atoms with Crippen molar-refractivity contribution >= 4 is 47.0 Å². The second-order valence-electron chi connectivity index (χ2n) is 10.7. The van der Waals surface area contributed by atoms with Crippen LogP contribution < -0.4 is 10.6 Å². The molecule has 2 N–H and O–H groups in total. The van der Waals surface area contributed by atoms with Gasteiger partial charge < -0.3 is 10.6 Å². The summed E-state index contributed by atoms with van der Waals surface area (Å²) in [6.07, 6.45) is 7.08. The van der Waals surface area contributed by atoms with Crippen LogP contribution in [0.15, 0.2) is 47.4 Å². The van der Waals surface area contributed by atoms with Crippen LogP contribution >= 0.6 is 35.0 Å². The molecule has 1 aliphatic carbocycles. The van der Waals surface area contributed by atoms with E-state index in [-0.39, 0.29) is 0 Å². The molecule has 0 aromatic heterocycles. The molecule has 1 amide bonds. The third kappa shape index (κ3) is 15.6. The van der Waals surface area contributed by atoms with E-state index in [9.17, 15) is 9.59 Å². The fourth-order valence-corrected chi connectivity index (χ4v) is 4.58. The Kier molecular flexibility index (Phi) is 16.1. The van der Waals surface area contributed by atoms with E-state index in [4.69, 9.17) is 23.2 Å². The number of nitrogens with one attached hydrogen (secondary N) is 2. The maximum absolute atomic E-state index is 10.7. The number of hydrogen-bond acceptors (Lipinski definition) is 4. The van der Waals surface area contributed by atoms with Crippen LogP contribution in [0.5, 0.6) is 0 Å². The molecule has 0 saturated heterocycles. The van der Waals surface area contributed by atoms with Gasteiger partial charge >= 0.3 is 0 Å². The standard InChI is InChI=1S/C17H17Cl2NOS.C7H13NO.C5H12/c1-12(13-3-2-4-15(18)7-13)9-20-10-14-5-6-16(19)8-17(14)22-11-21;9-6-8-7-4-2-1-3-5-7;1-5(2,3)4/h2-8,11-12,20H,9-10H2,1H3;6-7H,1-5H2,(H,8,9);1-4H3. The highest BCUT2D eigenvalue weighted by molar-refractivity contribution is 8.11. The Morgan fingerprint density at radius 1 is 1.00 bits per heavy atom. The lowest BCUT2D eigenvalue weighted by Gasteiger charge is -2.19. The van der Waals surface area contributed by atoms with Crippen LogP contribution in [0.4, 0.5) is 0 Å². The van der Waals surface area contributed by atoms with Crippen LogP contribution in [-0.2, 0) is 16.1 Å². The lowest BCUT2D eigenvalue weighted by atomic mass is 9.96. The number of carbonyl (C=O) groups excluding carboxylic acids is 2. The molecule has 0 aliphatic heterocycles. The van der Waals surface area contributed by atoms with E-state index in [2.05, 4.69) is 51.3 Å². The van der Waals surface area contributed by atoms with Gasteiger partial charge in [-0.25, -0.2) is 0 Å². The van der Waals surface area contributed by atoms with E-state index >= 15 is 0 Å². The maximum Gasteiger partial charge on any atom is 0.207 e. The van der Waals surface area contributed by atoms with Crippen LogP contribution in [0.2, 0.25) is 10.0 Å². The summed E-state index contributed by atoms with van der Waals surface area (Å²) in [5, 5.41) is 7.62. The minimum Gasteiger partial charge on any atom is -0.356 e. The van der Waals surface area contributed by atoms with Crippen LogP contribution in [0.25, 0.3) is 0 Å². The lowest BCUT2D eigenvalue weighted by Crippen LogP contribution is -2.29. The minimum absolute atomic E-state index is 0.355. The molecule has 1 saturated carbocycles. The highest BCUT2D eigenvalue weighted by Crippen LogP contribution is 2.25. The van der Waals surface area contributed by atoms with Crippen molar-refractivity contribution in [3.63, 3.8) is 0 Å². The number of hydrogen-bond donors (Lipinski definition) is 2. The van der Waals surface area contributed by atoms with E-state index < -0.39 is 0 Å². The molecule has 0 radical (unpaired) electrons. The topological polar surface area (TPSA) is 58.2 Å². The van der Waals surface area contributed by atoms with Gasteiger partial charge in [-0.2, -0.15) is 0 Å². The zero-order valence-electron chi connectivity index (χ0n) is 22.3. The minimum atomic E-state index is 0.355. The summed E-state index contributed by atoms with van der Waals surface area (Å²) in [6.45, 7) is 12.4. The van der Waals surface area contributed by atoms with Crippen molar-refractivity contribution in [2.45, 2.75) is 90.1 Å². The van der Waals surface area contributed by atoms with Crippen molar-refractivity contribution in [3.8, 4) is 0 Å². The molecule has 1 fully saturated rings. The molecule has 0 spiro atoms. The summed E-state index contributed by atoms with van der Waals surface area (Å²) in [4.78, 5) is 21.6. The molecule has 3 rings (SSSR count). The van der Waals surface area contributed by atoms with E-state index in [0.29, 0.717) is 28.9 Å². The fraction of sp³-hybridized carbons (Fsp3) is 0.517. The number of benzene rings is 2. The Bertz CT molecular complexity index is 906. The predicted octanol–water partition coefficient (Wildman–Crippen LogP) is 8.29. The summed E-state index contributed by atoms with van der Waals surface area (Å²) in [6, 6.07) is 14.0. The average molecular weight is 554 g/mol. The molecule has 200 valence electrons. The Balaban J connectivity index is 0.000000379. The molecule has 2 aromatic rings. The second-order valence-corrected chi connectivity index (χ2v) is 12.4. The molecule has 1 atom stereocenters. The SMILES string of the molecule is CC(C)(C)C.CC(CNCc1ccc(Cl)cc1SC=O)c1cccc(Cl)c1.O=CNC1CCCCC1. The van der Waals surface area contributed by atoms with Gasteiger partial charge in [0.15, 0.2) is 5.62 Å². The van der Waals surface area contributed by atoms with Gasteiger partial charge in [0.05, 0.1) is 0 Å². The number of carbonyl (C=O) groups is 2. The number of halogens is 2. The summed E-state index contributed by atoms with van der Waals surface area (Å²) in [7, 11) is 0. The first-order valence-electron chi connectivity index (χ1n) is 12.6. The first-order valence-corrected chi connectivity index (χ1v) is 14.2. The van der Waals surface area contributed by atoms with Crippen LogP contribution in [0.3, 0.4) is 0 Å². The van der Waals surface area contributed by atoms with Crippen molar-refractivity contribution in [3.05, 3.63) is 63.6 Å². The highest BCUT2D eigenvalue weighted by Gasteiger charge is 2.11. The number of thioether (sulfide) groups is 1. The molecular weight excluding hydrogens is 511 g/mol. The van der Waals surface area contributed by atoms with Gasteiger partial charge in [-0.3, -0.25) is 9.59 Å². The lowest BCUT2D eigenvalue weighted by molar-refractivity contribution is -0.110. The normalized spacial score (nSPS) is 14.4. The molecule has 2 aromatic carbocycles. The summed E-state index contributed by atoms with van der Waals surface area (Å²) < 4.78 is 0. The van der Waals surface area contributed by atoms with E-state index in [1.54, 1.807) is 0 Å². The van der Waals surface area contributed by atoms with Crippen LogP contribution in [0.1, 0.15) is 83.8 Å². The molecule has 7 heteroatoms. The number of amides is 1. The average Bonchev–Trinajstić information content (AvgIpc) is 2.81. The van der Waals surface area contributed by atoms with E-state index in [1.807, 2.05) is 36.4 Å². The molecule has 0 heterocycles. The molecule has 4 nitrogen and oxygen atoms in total. The summed E-state index contributed by atoms with van der Waals surface area (Å²) >= 11 is 13.1. The van der Waals surface area contributed by atoms with Gasteiger partial charge in [0, 0.05) is 34.1 Å². The third-order valence-electron chi connectivity index (χ3n) is 5.30. The molecular formula is C29H42Cl2N2O2S. The van der Waals surface area contributed by atoms with Crippen molar-refractivity contribution in [2.75, 3.05) is 6.54 Å². The summed E-state index contributed by atoms with van der Waals surface area (Å²) in [5.41, 5.74) is 3.60. The Morgan fingerprint density at radius 2 is 1.64 bits per heavy atom. The van der Waals surface area contributed by atoms with Crippen molar-refractivity contribution in [1.82, 2.24) is 10.6 Å². The molecule has 1 unspecified atom stereocenters. The smallest absolute Gasteiger partial charge is 0.207 e. The van der Waals surface area contributed by atoms with E-state index in [1.165, 1.54) is 37.7 Å². The highest BCUT2D eigenvalue weighted by atomic mass is 35.5. The second kappa shape index (κ2) is 17.8. The first kappa shape index (κ1) is 32.5. The predicted molar refractivity (Wildman–Crippen MR) is 157 cm³/mol. The zero-order chi connectivity index (χ0) is 27.0. The van der Waals surface area contributed by atoms with Crippen molar-refractivity contribution in [2.24, 2.45) is 5.41 Å². The van der Waals surface area contributed by atoms with E-state index in [0.717, 1.165) is 45.8 Å². The first-order chi connectivity index (χ1) is 17.0. The van der Waals surface area contributed by atoms with Gasteiger partial charge in [-0.05, 0) is 59.6 Å². The largest absolute Gasteiger partial charge is 0.356 e. The molecule has 0 bridgehead atoms. The number of rotatable bonds is 9. The summed E-state index contributed by atoms with van der Waals surface area (Å²) in [5.74, 6) is 0.355. The Labute approximate surface area is 232 Å². The van der Waals surface area contributed by atoms with Gasteiger partial charge in [-0.1, -0.05) is 107 Å². The third-order valence-corrected chi connectivity index (χ3v) is 6.50. The molecule has 1 aliphatic rings. The van der Waals surface area contributed by atoms with Crippen molar-refractivity contribution < 1.29 is 9.59 Å². The Hall–Kier alpha value is -1.53. The Morgan fingerprint density at radius 3 is 2.22 bits per heavy atom. The monoisotopic (exact) mass is 552 g/mol. The maximum atomic E-state index is 10.7. The molecule has 36 heavy (non-hydrogen) atoms. The van der Waals surface area contributed by atoms with Gasteiger partial charge in [0.1, 0.15) is 0 Å². The van der Waals surface area contributed by atoms with Crippen LogP contribution in [-0.4, -0.2) is 24.6 Å². The zero-order valence-corrected chi connectivity index (χ0v) is 24.6. The quantitative estimate of drug-likeness (QED) is 0.242. The van der Waals surface area contributed by atoms with Gasteiger partial charge in [-0.15, -0.1) is 0 Å².